The van der Waals surface area contributed by atoms with Crippen LogP contribution in [0.2, 0.25) is 0 Å². The average Bonchev–Trinajstić information content (AvgIpc) is 2.29. The predicted molar refractivity (Wildman–Crippen MR) is 54.8 cm³/mol. The molecule has 0 amide bonds. The van der Waals surface area contributed by atoms with Gasteiger partial charge in [-0.1, -0.05) is 30.3 Å². The average molecular weight is 194 g/mol. The third-order valence-corrected chi connectivity index (χ3v) is 1.91. The van der Waals surface area contributed by atoms with Crippen LogP contribution in [0.5, 0.6) is 0 Å². The molecule has 0 saturated heterocycles. The van der Waals surface area contributed by atoms with Crippen LogP contribution in [-0.4, -0.2) is 19.1 Å². The Balaban J connectivity index is 2.56. The van der Waals surface area contributed by atoms with Crippen LogP contribution < -0.4 is 5.73 Å². The van der Waals surface area contributed by atoms with Gasteiger partial charge < -0.3 is 10.5 Å². The summed E-state index contributed by atoms with van der Waals surface area (Å²) in [5, 5.41) is 0. The van der Waals surface area contributed by atoms with E-state index in [9.17, 15) is 4.79 Å². The number of carbonyl (C=O) groups is 1. The molecule has 1 aromatic carbocycles. The number of nitrogens with two attached hydrogens (primary N) is 1. The van der Waals surface area contributed by atoms with Crippen LogP contribution >= 0.6 is 0 Å². The van der Waals surface area contributed by atoms with E-state index in [0.29, 0.717) is 0 Å². The van der Waals surface area contributed by atoms with Crippen LogP contribution in [0.1, 0.15) is 13.4 Å². The first-order valence-electron chi connectivity index (χ1n) is 5.03. The summed E-state index contributed by atoms with van der Waals surface area (Å²) < 4.78 is 12.3. The quantitative estimate of drug-likeness (QED) is 0.731. The molecule has 0 aliphatic carbocycles. The fourth-order valence-electron chi connectivity index (χ4n) is 1.10. The minimum Gasteiger partial charge on any atom is -0.468 e. The molecule has 0 bridgehead atoms. The Morgan fingerprint density at radius 2 is 2.21 bits per heavy atom. The van der Waals surface area contributed by atoms with Crippen molar-refractivity contribution in [3.8, 4) is 0 Å². The van der Waals surface area contributed by atoms with Gasteiger partial charge in [0.15, 0.2) is 0 Å². The van der Waals surface area contributed by atoms with E-state index in [2.05, 4.69) is 4.74 Å². The highest BCUT2D eigenvalue weighted by Crippen LogP contribution is 2.04. The van der Waals surface area contributed by atoms with Crippen LogP contribution in [0.4, 0.5) is 0 Å². The van der Waals surface area contributed by atoms with Gasteiger partial charge in [-0.25, -0.2) is 0 Å². The number of hydrogen-bond acceptors (Lipinski definition) is 3. The van der Waals surface area contributed by atoms with Gasteiger partial charge in [-0.2, -0.15) is 0 Å². The maximum absolute atomic E-state index is 11.0. The Hall–Kier alpha value is -1.35. The van der Waals surface area contributed by atoms with Crippen molar-refractivity contribution >= 4 is 5.97 Å². The molecule has 0 fully saturated rings. The fourth-order valence-corrected chi connectivity index (χ4v) is 1.10. The van der Waals surface area contributed by atoms with E-state index in [1.807, 2.05) is 30.3 Å². The van der Waals surface area contributed by atoms with Gasteiger partial charge in [0.05, 0.1) is 7.11 Å². The normalized spacial score (nSPS) is 15.4. The molecule has 3 heteroatoms. The van der Waals surface area contributed by atoms with Crippen molar-refractivity contribution in [2.75, 3.05) is 7.11 Å². The van der Waals surface area contributed by atoms with E-state index in [1.54, 1.807) is 0 Å². The number of aryl methyl sites for hydroxylation is 1. The monoisotopic (exact) mass is 194 g/mol. The zero-order valence-corrected chi connectivity index (χ0v) is 8.14. The molecule has 0 aromatic heterocycles. The summed E-state index contributed by atoms with van der Waals surface area (Å²) in [7, 11) is 1.30. The maximum atomic E-state index is 11.0. The Labute approximate surface area is 85.3 Å². The zero-order valence-electron chi connectivity index (χ0n) is 9.14. The molecule has 1 aromatic rings. The van der Waals surface area contributed by atoms with Crippen LogP contribution in [0.3, 0.4) is 0 Å². The van der Waals surface area contributed by atoms with Crippen molar-refractivity contribution in [1.29, 1.82) is 0 Å². The second-order valence-electron chi connectivity index (χ2n) is 2.98. The molecule has 14 heavy (non-hydrogen) atoms. The number of hydrogen-bond donors (Lipinski definition) is 1. The lowest BCUT2D eigenvalue weighted by Gasteiger charge is -2.08. The first-order chi connectivity index (χ1) is 7.15. The van der Waals surface area contributed by atoms with Gasteiger partial charge in [-0.3, -0.25) is 4.79 Å². The zero-order chi connectivity index (χ0) is 11.3. The molecule has 2 N–H and O–H groups in total. The van der Waals surface area contributed by atoms with Crippen LogP contribution in [0, 0.1) is 0 Å². The van der Waals surface area contributed by atoms with Crippen molar-refractivity contribution in [2.24, 2.45) is 5.73 Å². The molecule has 0 saturated carbocycles. The highest BCUT2D eigenvalue weighted by molar-refractivity contribution is 5.75. The lowest BCUT2D eigenvalue weighted by Crippen LogP contribution is -2.31. The number of esters is 1. The molecule has 0 aliphatic rings. The molecule has 2 unspecified atom stereocenters. The van der Waals surface area contributed by atoms with E-state index in [4.69, 9.17) is 7.10 Å². The second-order valence-corrected chi connectivity index (χ2v) is 2.98. The minimum absolute atomic E-state index is 0.274. The van der Waals surface area contributed by atoms with Crippen LogP contribution in [-0.2, 0) is 15.9 Å². The summed E-state index contributed by atoms with van der Waals surface area (Å²) in [6, 6.07) is 8.58. The van der Waals surface area contributed by atoms with Gasteiger partial charge in [0.25, 0.3) is 0 Å². The highest BCUT2D eigenvalue weighted by Gasteiger charge is 2.12. The smallest absolute Gasteiger partial charge is 0.322 e. The Kier molecular flexibility index (Phi) is 3.55. The first-order valence-corrected chi connectivity index (χ1v) is 4.45. The Bertz CT molecular complexity index is 316. The Morgan fingerprint density at radius 1 is 1.57 bits per heavy atom. The molecular formula is C11H15NO2. The first kappa shape index (κ1) is 9.21. The van der Waals surface area contributed by atoms with Gasteiger partial charge in [-0.15, -0.1) is 0 Å². The van der Waals surface area contributed by atoms with Gasteiger partial charge in [0.2, 0.25) is 0 Å². The summed E-state index contributed by atoms with van der Waals surface area (Å²) in [4.78, 5) is 11.0. The molecule has 3 nitrogen and oxygen atoms in total. The van der Waals surface area contributed by atoms with E-state index in [-0.39, 0.29) is 6.42 Å². The molecule has 0 radical (unpaired) electrons. The molecular weight excluding hydrogens is 178 g/mol. The van der Waals surface area contributed by atoms with Crippen molar-refractivity contribution in [2.45, 2.75) is 18.9 Å². The largest absolute Gasteiger partial charge is 0.468 e. The molecule has 0 aliphatic heterocycles. The second kappa shape index (κ2) is 5.40. The molecule has 2 atom stereocenters. The summed E-state index contributed by atoms with van der Waals surface area (Å²) in [5.74, 6) is -0.469. The number of rotatable bonds is 4. The molecule has 0 spiro atoms. The SMILES string of the molecule is [2H]C(CC(N)C(=O)OC)c1ccccc1. The maximum Gasteiger partial charge on any atom is 0.322 e. The van der Waals surface area contributed by atoms with Crippen LogP contribution in [0.15, 0.2) is 30.3 Å². The van der Waals surface area contributed by atoms with Gasteiger partial charge >= 0.3 is 5.97 Å². The predicted octanol–water partition coefficient (Wildman–Crippen LogP) is 1.12. The fraction of sp³-hybridized carbons (Fsp3) is 0.364. The number of methoxy groups -OCH3 is 1. The van der Waals surface area contributed by atoms with Gasteiger partial charge in [0, 0.05) is 1.37 Å². The molecule has 0 heterocycles. The van der Waals surface area contributed by atoms with Crippen molar-refractivity contribution in [3.63, 3.8) is 0 Å². The Morgan fingerprint density at radius 3 is 2.79 bits per heavy atom. The lowest BCUT2D eigenvalue weighted by atomic mass is 10.1. The molecule has 1 rings (SSSR count). The number of carbonyl (C=O) groups excluding carboxylic acids is 1. The van der Waals surface area contributed by atoms with E-state index in [0.717, 1.165) is 5.56 Å². The third kappa shape index (κ3) is 3.18. The summed E-state index contributed by atoms with van der Waals surface area (Å²) in [6.07, 6.45) is -0.211. The number of ether oxygens (including phenoxy) is 1. The van der Waals surface area contributed by atoms with Gasteiger partial charge in [-0.05, 0) is 18.4 Å². The standard InChI is InChI=1S/C11H15NO2/c1-14-11(13)10(12)8-7-9-5-3-2-4-6-9/h2-6,10H,7-8,12H2,1H3/i7D. The minimum atomic E-state index is -0.724. The van der Waals surface area contributed by atoms with E-state index in [1.165, 1.54) is 7.11 Å². The summed E-state index contributed by atoms with van der Waals surface area (Å²) in [5.41, 5.74) is 6.43. The van der Waals surface area contributed by atoms with Gasteiger partial charge in [0.1, 0.15) is 6.04 Å². The van der Waals surface area contributed by atoms with E-state index >= 15 is 0 Å². The molecule has 76 valence electrons. The van der Waals surface area contributed by atoms with Crippen molar-refractivity contribution < 1.29 is 10.9 Å². The van der Waals surface area contributed by atoms with E-state index < -0.39 is 18.4 Å². The van der Waals surface area contributed by atoms with Crippen LogP contribution in [0.25, 0.3) is 0 Å². The van der Waals surface area contributed by atoms with Crippen molar-refractivity contribution in [3.05, 3.63) is 35.9 Å². The lowest BCUT2D eigenvalue weighted by molar-refractivity contribution is -0.142. The summed E-state index contributed by atoms with van der Waals surface area (Å²) >= 11 is 0. The number of benzene rings is 1. The van der Waals surface area contributed by atoms with Crippen molar-refractivity contribution in [1.82, 2.24) is 0 Å². The third-order valence-electron chi connectivity index (χ3n) is 1.91. The summed E-state index contributed by atoms with van der Waals surface area (Å²) in [6.45, 7) is 0. The topological polar surface area (TPSA) is 52.3 Å². The highest BCUT2D eigenvalue weighted by atomic mass is 16.5.